The van der Waals surface area contributed by atoms with Crippen LogP contribution in [0.2, 0.25) is 0 Å². The first-order valence-corrected chi connectivity index (χ1v) is 12.3. The normalized spacial score (nSPS) is 11.9. The SMILES string of the molecule is Cc1cccc(-n2c(C)nnc2S[C@@H](C[N+](=O)[O-])c2ccc(OCc3ccc(Br)cc3)cc2)c1. The molecule has 174 valence electrons. The van der Waals surface area contributed by atoms with Crippen LogP contribution in [-0.2, 0) is 6.61 Å². The fourth-order valence-corrected chi connectivity index (χ4v) is 4.92. The smallest absolute Gasteiger partial charge is 0.220 e. The Hall–Kier alpha value is -3.17. The zero-order chi connectivity index (χ0) is 24.1. The number of benzene rings is 3. The predicted molar refractivity (Wildman–Crippen MR) is 136 cm³/mol. The number of hydrogen-bond donors (Lipinski definition) is 0. The van der Waals surface area contributed by atoms with E-state index in [0.29, 0.717) is 17.5 Å². The van der Waals surface area contributed by atoms with Gasteiger partial charge in [0.1, 0.15) is 23.4 Å². The molecule has 4 aromatic rings. The van der Waals surface area contributed by atoms with Crippen LogP contribution in [0.3, 0.4) is 0 Å². The molecule has 0 aliphatic rings. The zero-order valence-corrected chi connectivity index (χ0v) is 21.1. The van der Waals surface area contributed by atoms with Crippen LogP contribution in [0.5, 0.6) is 5.75 Å². The maximum atomic E-state index is 11.4. The number of thioether (sulfide) groups is 1. The maximum Gasteiger partial charge on any atom is 0.220 e. The molecule has 9 heteroatoms. The molecule has 0 N–H and O–H groups in total. The zero-order valence-electron chi connectivity index (χ0n) is 18.7. The van der Waals surface area contributed by atoms with Gasteiger partial charge in [0.05, 0.1) is 0 Å². The van der Waals surface area contributed by atoms with Crippen LogP contribution in [0.25, 0.3) is 5.69 Å². The lowest BCUT2D eigenvalue weighted by atomic mass is 10.1. The topological polar surface area (TPSA) is 83.1 Å². The van der Waals surface area contributed by atoms with E-state index in [1.165, 1.54) is 11.8 Å². The number of rotatable bonds is 9. The van der Waals surface area contributed by atoms with Gasteiger partial charge in [0, 0.05) is 15.1 Å². The van der Waals surface area contributed by atoms with Gasteiger partial charge in [-0.15, -0.1) is 10.2 Å². The van der Waals surface area contributed by atoms with Crippen molar-refractivity contribution in [2.24, 2.45) is 0 Å². The molecular weight excluding hydrogens is 516 g/mol. The van der Waals surface area contributed by atoms with Gasteiger partial charge in [-0.2, -0.15) is 0 Å². The first kappa shape index (κ1) is 24.0. The van der Waals surface area contributed by atoms with Crippen molar-refractivity contribution in [3.63, 3.8) is 0 Å². The van der Waals surface area contributed by atoms with Crippen LogP contribution in [0.15, 0.2) is 82.4 Å². The second-order valence-electron chi connectivity index (χ2n) is 7.81. The summed E-state index contributed by atoms with van der Waals surface area (Å²) < 4.78 is 8.82. The summed E-state index contributed by atoms with van der Waals surface area (Å²) in [6, 6.07) is 23.4. The maximum absolute atomic E-state index is 11.4. The molecule has 3 aromatic carbocycles. The molecular formula is C25H23BrN4O3S. The van der Waals surface area contributed by atoms with Gasteiger partial charge < -0.3 is 4.74 Å². The van der Waals surface area contributed by atoms with Gasteiger partial charge in [0.2, 0.25) is 6.54 Å². The molecule has 1 atom stereocenters. The van der Waals surface area contributed by atoms with Gasteiger partial charge in [-0.25, -0.2) is 0 Å². The summed E-state index contributed by atoms with van der Waals surface area (Å²) in [7, 11) is 0. The number of ether oxygens (including phenoxy) is 1. The Bertz CT molecular complexity index is 1280. The minimum Gasteiger partial charge on any atom is -0.489 e. The fourth-order valence-electron chi connectivity index (χ4n) is 3.48. The molecule has 7 nitrogen and oxygen atoms in total. The molecule has 1 aromatic heterocycles. The first-order chi connectivity index (χ1) is 16.4. The summed E-state index contributed by atoms with van der Waals surface area (Å²) in [5.41, 5.74) is 3.93. The van der Waals surface area contributed by atoms with E-state index in [-0.39, 0.29) is 11.5 Å². The number of hydrogen-bond acceptors (Lipinski definition) is 6. The van der Waals surface area contributed by atoms with Gasteiger partial charge in [-0.1, -0.05) is 64.1 Å². The van der Waals surface area contributed by atoms with Crippen LogP contribution in [-0.4, -0.2) is 26.2 Å². The lowest BCUT2D eigenvalue weighted by Crippen LogP contribution is -2.11. The van der Waals surface area contributed by atoms with Crippen molar-refractivity contribution in [2.45, 2.75) is 30.9 Å². The van der Waals surface area contributed by atoms with Crippen molar-refractivity contribution in [3.05, 3.63) is 110 Å². The first-order valence-electron chi connectivity index (χ1n) is 10.6. The highest BCUT2D eigenvalue weighted by atomic mass is 79.9. The Balaban J connectivity index is 1.53. The summed E-state index contributed by atoms with van der Waals surface area (Å²) in [5, 5.41) is 20.2. The molecule has 0 amide bonds. The van der Waals surface area contributed by atoms with Crippen LogP contribution in [0.4, 0.5) is 0 Å². The summed E-state index contributed by atoms with van der Waals surface area (Å²) in [6.07, 6.45) is 0. The number of aryl methyl sites for hydroxylation is 2. The molecule has 0 aliphatic heterocycles. The quantitative estimate of drug-likeness (QED) is 0.140. The van der Waals surface area contributed by atoms with Gasteiger partial charge in [-0.3, -0.25) is 14.7 Å². The number of nitro groups is 1. The highest BCUT2D eigenvalue weighted by Gasteiger charge is 2.24. The molecule has 0 fully saturated rings. The third kappa shape index (κ3) is 6.03. The highest BCUT2D eigenvalue weighted by molar-refractivity contribution is 9.10. The lowest BCUT2D eigenvalue weighted by molar-refractivity contribution is -0.479. The van der Waals surface area contributed by atoms with E-state index in [2.05, 4.69) is 26.1 Å². The van der Waals surface area contributed by atoms with Crippen molar-refractivity contribution in [1.82, 2.24) is 14.8 Å². The highest BCUT2D eigenvalue weighted by Crippen LogP contribution is 2.36. The molecule has 4 rings (SSSR count). The number of halogens is 1. The molecule has 0 saturated heterocycles. The van der Waals surface area contributed by atoms with E-state index in [0.717, 1.165) is 32.7 Å². The lowest BCUT2D eigenvalue weighted by Gasteiger charge is -2.15. The van der Waals surface area contributed by atoms with Crippen molar-refractivity contribution in [3.8, 4) is 11.4 Å². The monoisotopic (exact) mass is 538 g/mol. The fraction of sp³-hybridized carbons (Fsp3) is 0.200. The van der Waals surface area contributed by atoms with Crippen LogP contribution >= 0.6 is 27.7 Å². The molecule has 0 radical (unpaired) electrons. The van der Waals surface area contributed by atoms with E-state index >= 15 is 0 Å². The average molecular weight is 539 g/mol. The Kier molecular flexibility index (Phi) is 7.64. The Morgan fingerprint density at radius 2 is 1.79 bits per heavy atom. The van der Waals surface area contributed by atoms with E-state index in [4.69, 9.17) is 4.74 Å². The number of aromatic nitrogens is 3. The van der Waals surface area contributed by atoms with E-state index in [9.17, 15) is 10.1 Å². The Morgan fingerprint density at radius 3 is 2.47 bits per heavy atom. The number of nitrogens with zero attached hydrogens (tertiary/aromatic N) is 4. The predicted octanol–water partition coefficient (Wildman–Crippen LogP) is 6.34. The summed E-state index contributed by atoms with van der Waals surface area (Å²) in [5.74, 6) is 1.43. The molecule has 0 bridgehead atoms. The molecule has 0 spiro atoms. The van der Waals surface area contributed by atoms with Gasteiger partial charge in [0.25, 0.3) is 0 Å². The summed E-state index contributed by atoms with van der Waals surface area (Å²) >= 11 is 4.76. The standard InChI is InChI=1S/C25H23BrN4O3S/c1-17-4-3-5-22(14-17)30-18(2)27-28-25(30)34-24(15-29(31)32)20-8-12-23(13-9-20)33-16-19-6-10-21(26)11-7-19/h3-14,24H,15-16H2,1-2H3/t24-/m0/s1. The van der Waals surface area contributed by atoms with E-state index in [1.54, 1.807) is 0 Å². The van der Waals surface area contributed by atoms with E-state index < -0.39 is 5.25 Å². The third-order valence-electron chi connectivity index (χ3n) is 5.19. The Labute approximate surface area is 210 Å². The van der Waals surface area contributed by atoms with E-state index in [1.807, 2.05) is 91.2 Å². The minimum atomic E-state index is -0.428. The second-order valence-corrected chi connectivity index (χ2v) is 9.90. The van der Waals surface area contributed by atoms with Gasteiger partial charge in [-0.05, 0) is 66.9 Å². The van der Waals surface area contributed by atoms with Crippen LogP contribution in [0.1, 0.15) is 27.8 Å². The molecule has 1 heterocycles. The van der Waals surface area contributed by atoms with Gasteiger partial charge >= 0.3 is 0 Å². The van der Waals surface area contributed by atoms with Crippen molar-refractivity contribution < 1.29 is 9.66 Å². The van der Waals surface area contributed by atoms with Crippen molar-refractivity contribution in [2.75, 3.05) is 6.54 Å². The molecule has 0 aliphatic carbocycles. The largest absolute Gasteiger partial charge is 0.489 e. The third-order valence-corrected chi connectivity index (χ3v) is 6.90. The summed E-state index contributed by atoms with van der Waals surface area (Å²) in [6.45, 7) is 4.10. The average Bonchev–Trinajstić information content (AvgIpc) is 3.18. The molecule has 34 heavy (non-hydrogen) atoms. The van der Waals surface area contributed by atoms with Crippen molar-refractivity contribution in [1.29, 1.82) is 0 Å². The molecule has 0 saturated carbocycles. The summed E-state index contributed by atoms with van der Waals surface area (Å²) in [4.78, 5) is 11.2. The Morgan fingerprint density at radius 1 is 1.06 bits per heavy atom. The molecule has 0 unspecified atom stereocenters. The minimum absolute atomic E-state index is 0.233. The van der Waals surface area contributed by atoms with Crippen LogP contribution < -0.4 is 4.74 Å². The second kappa shape index (κ2) is 10.8. The van der Waals surface area contributed by atoms with Gasteiger partial charge in [0.15, 0.2) is 5.16 Å². The van der Waals surface area contributed by atoms with Crippen LogP contribution in [0, 0.1) is 24.0 Å². The van der Waals surface area contributed by atoms with Crippen molar-refractivity contribution >= 4 is 27.7 Å².